The average Bonchev–Trinajstić information content (AvgIpc) is 2.65. The van der Waals surface area contributed by atoms with Gasteiger partial charge in [-0.1, -0.05) is 80.0 Å². The minimum atomic E-state index is -0.930. The highest BCUT2D eigenvalue weighted by Gasteiger charge is 2.36. The maximum Gasteiger partial charge on any atom is 0.336 e. The molecule has 0 saturated heterocycles. The summed E-state index contributed by atoms with van der Waals surface area (Å²) < 4.78 is 0.863. The number of hydrogen-bond donors (Lipinski definition) is 1. The monoisotopic (exact) mass is 452 g/mol. The van der Waals surface area contributed by atoms with Gasteiger partial charge in [0.1, 0.15) is 0 Å². The van der Waals surface area contributed by atoms with Crippen LogP contribution >= 0.6 is 15.9 Å². The summed E-state index contributed by atoms with van der Waals surface area (Å²) in [5, 5.41) is 9.67. The zero-order valence-electron chi connectivity index (χ0n) is 17.8. The van der Waals surface area contributed by atoms with Crippen LogP contribution < -0.4 is 0 Å². The number of rotatable bonds is 4. The van der Waals surface area contributed by atoms with Crippen LogP contribution in [0.4, 0.5) is 0 Å². The summed E-state index contributed by atoms with van der Waals surface area (Å²) >= 11 is 3.42. The molecule has 0 fully saturated rings. The number of hydrogen-bond acceptors (Lipinski definition) is 1. The Morgan fingerprint density at radius 3 is 2.21 bits per heavy atom. The highest BCUT2D eigenvalue weighted by molar-refractivity contribution is 9.10. The first-order valence-corrected chi connectivity index (χ1v) is 10.8. The van der Waals surface area contributed by atoms with Crippen molar-refractivity contribution in [1.29, 1.82) is 0 Å². The van der Waals surface area contributed by atoms with E-state index < -0.39 is 5.97 Å². The van der Waals surface area contributed by atoms with Crippen LogP contribution in [0.2, 0.25) is 0 Å². The van der Waals surface area contributed by atoms with Gasteiger partial charge in [-0.05, 0) is 76.6 Å². The van der Waals surface area contributed by atoms with Gasteiger partial charge in [0.05, 0.1) is 5.57 Å². The molecular weight excluding hydrogens is 424 g/mol. The second-order valence-corrected chi connectivity index (χ2v) is 10.2. The van der Waals surface area contributed by atoms with Crippen molar-refractivity contribution in [2.75, 3.05) is 0 Å². The zero-order chi connectivity index (χ0) is 21.4. The normalized spacial score (nSPS) is 18.3. The van der Waals surface area contributed by atoms with Crippen molar-refractivity contribution >= 4 is 33.0 Å². The molecule has 3 heteroatoms. The molecule has 0 bridgehead atoms. The van der Waals surface area contributed by atoms with E-state index in [2.05, 4.69) is 61.8 Å². The number of carbonyl (C=O) groups is 1. The number of halogens is 1. The largest absolute Gasteiger partial charge is 0.478 e. The van der Waals surface area contributed by atoms with Crippen LogP contribution in [0.25, 0.3) is 11.1 Å². The third kappa shape index (κ3) is 4.56. The van der Waals surface area contributed by atoms with Crippen LogP contribution in [0.3, 0.4) is 0 Å². The SMILES string of the molecule is C/C(=C\C=C(\C(=O)O)c1cccc(Br)c1)c1ccc2c(c1)C(C)(C)CCC2(C)C. The Labute approximate surface area is 182 Å². The third-order valence-corrected chi connectivity index (χ3v) is 6.67. The van der Waals surface area contributed by atoms with Gasteiger partial charge in [0.25, 0.3) is 0 Å². The van der Waals surface area contributed by atoms with Gasteiger partial charge in [0.2, 0.25) is 0 Å². The van der Waals surface area contributed by atoms with Crippen LogP contribution in [0, 0.1) is 0 Å². The predicted molar refractivity (Wildman–Crippen MR) is 125 cm³/mol. The van der Waals surface area contributed by atoms with E-state index >= 15 is 0 Å². The average molecular weight is 453 g/mol. The van der Waals surface area contributed by atoms with Crippen molar-refractivity contribution in [1.82, 2.24) is 0 Å². The summed E-state index contributed by atoms with van der Waals surface area (Å²) in [5.41, 5.74) is 6.35. The summed E-state index contributed by atoms with van der Waals surface area (Å²) in [4.78, 5) is 11.8. The number of aliphatic carboxylic acids is 1. The van der Waals surface area contributed by atoms with Crippen molar-refractivity contribution < 1.29 is 9.90 Å². The zero-order valence-corrected chi connectivity index (χ0v) is 19.4. The minimum Gasteiger partial charge on any atom is -0.478 e. The fourth-order valence-corrected chi connectivity index (χ4v) is 4.48. The quantitative estimate of drug-likeness (QED) is 0.388. The Morgan fingerprint density at radius 2 is 1.59 bits per heavy atom. The van der Waals surface area contributed by atoms with Crippen molar-refractivity contribution in [3.8, 4) is 0 Å². The molecular formula is C26H29BrO2. The van der Waals surface area contributed by atoms with Crippen LogP contribution in [0.5, 0.6) is 0 Å². The van der Waals surface area contributed by atoms with Gasteiger partial charge in [-0.2, -0.15) is 0 Å². The van der Waals surface area contributed by atoms with E-state index in [1.165, 1.54) is 24.0 Å². The van der Waals surface area contributed by atoms with E-state index in [1.807, 2.05) is 37.3 Å². The predicted octanol–water partition coefficient (Wildman–Crippen LogP) is 7.37. The molecule has 0 amide bonds. The van der Waals surface area contributed by atoms with Gasteiger partial charge in [-0.25, -0.2) is 4.79 Å². The lowest BCUT2D eigenvalue weighted by Crippen LogP contribution is -2.33. The van der Waals surface area contributed by atoms with Crippen molar-refractivity contribution in [3.63, 3.8) is 0 Å². The van der Waals surface area contributed by atoms with Crippen molar-refractivity contribution in [3.05, 3.63) is 81.3 Å². The van der Waals surface area contributed by atoms with E-state index in [4.69, 9.17) is 0 Å². The molecule has 2 aromatic carbocycles. The number of fused-ring (bicyclic) bond motifs is 1. The molecule has 0 radical (unpaired) electrons. The molecule has 0 aromatic heterocycles. The van der Waals surface area contributed by atoms with Crippen molar-refractivity contribution in [2.24, 2.45) is 0 Å². The Balaban J connectivity index is 2.02. The van der Waals surface area contributed by atoms with Crippen LogP contribution in [0.1, 0.15) is 69.7 Å². The smallest absolute Gasteiger partial charge is 0.336 e. The summed E-state index contributed by atoms with van der Waals surface area (Å²) in [6.45, 7) is 11.3. The highest BCUT2D eigenvalue weighted by atomic mass is 79.9. The van der Waals surface area contributed by atoms with E-state index in [-0.39, 0.29) is 16.4 Å². The molecule has 2 nitrogen and oxygen atoms in total. The van der Waals surface area contributed by atoms with Gasteiger partial charge in [0.15, 0.2) is 0 Å². The van der Waals surface area contributed by atoms with E-state index in [0.29, 0.717) is 5.56 Å². The number of allylic oxidation sites excluding steroid dienone is 3. The van der Waals surface area contributed by atoms with Gasteiger partial charge >= 0.3 is 5.97 Å². The Kier molecular flexibility index (Phi) is 5.91. The van der Waals surface area contributed by atoms with Crippen LogP contribution in [-0.4, -0.2) is 11.1 Å². The lowest BCUT2D eigenvalue weighted by atomic mass is 9.63. The lowest BCUT2D eigenvalue weighted by Gasteiger charge is -2.42. The molecule has 0 saturated carbocycles. The first kappa shape index (κ1) is 21.6. The van der Waals surface area contributed by atoms with E-state index in [1.54, 1.807) is 6.08 Å². The number of benzene rings is 2. The Hall–Kier alpha value is -2.13. The van der Waals surface area contributed by atoms with Crippen LogP contribution in [0.15, 0.2) is 59.1 Å². The highest BCUT2D eigenvalue weighted by Crippen LogP contribution is 2.46. The van der Waals surface area contributed by atoms with E-state index in [0.717, 1.165) is 15.6 Å². The first-order valence-electron chi connectivity index (χ1n) is 10.0. The molecule has 0 spiro atoms. The summed E-state index contributed by atoms with van der Waals surface area (Å²) in [7, 11) is 0. The van der Waals surface area contributed by atoms with Gasteiger partial charge < -0.3 is 5.11 Å². The number of carboxylic acid groups (broad SMARTS) is 1. The fraction of sp³-hybridized carbons (Fsp3) is 0.346. The minimum absolute atomic E-state index is 0.152. The van der Waals surface area contributed by atoms with Crippen LogP contribution in [-0.2, 0) is 15.6 Å². The first-order chi connectivity index (χ1) is 13.5. The Bertz CT molecular complexity index is 1010. The maximum atomic E-state index is 11.8. The fourth-order valence-electron chi connectivity index (χ4n) is 4.09. The van der Waals surface area contributed by atoms with Crippen molar-refractivity contribution in [2.45, 2.75) is 58.3 Å². The second-order valence-electron chi connectivity index (χ2n) is 9.27. The van der Waals surface area contributed by atoms with E-state index in [9.17, 15) is 9.90 Å². The Morgan fingerprint density at radius 1 is 0.931 bits per heavy atom. The molecule has 0 unspecified atom stereocenters. The molecule has 3 rings (SSSR count). The maximum absolute atomic E-state index is 11.8. The molecule has 29 heavy (non-hydrogen) atoms. The van der Waals surface area contributed by atoms with Gasteiger partial charge in [-0.15, -0.1) is 0 Å². The molecule has 1 aliphatic carbocycles. The second kappa shape index (κ2) is 7.95. The van der Waals surface area contributed by atoms with Gasteiger partial charge in [-0.3, -0.25) is 0 Å². The van der Waals surface area contributed by atoms with Gasteiger partial charge in [0, 0.05) is 4.47 Å². The molecule has 0 aliphatic heterocycles. The molecule has 0 atom stereocenters. The molecule has 1 N–H and O–H groups in total. The molecule has 2 aromatic rings. The lowest BCUT2D eigenvalue weighted by molar-refractivity contribution is -0.130. The topological polar surface area (TPSA) is 37.3 Å². The summed E-state index contributed by atoms with van der Waals surface area (Å²) in [5.74, 6) is -0.930. The molecule has 152 valence electrons. The number of carboxylic acids is 1. The molecule has 1 aliphatic rings. The summed E-state index contributed by atoms with van der Waals surface area (Å²) in [6.07, 6.45) is 5.98. The summed E-state index contributed by atoms with van der Waals surface area (Å²) in [6, 6.07) is 14.1. The third-order valence-electron chi connectivity index (χ3n) is 6.17. The standard InChI is InChI=1S/C26H29BrO2/c1-17(9-11-21(24(28)29)19-7-6-8-20(27)15-19)18-10-12-22-23(16-18)26(4,5)14-13-25(22,2)3/h6-12,15-16H,13-14H2,1-5H3,(H,28,29)/b17-9+,21-11+. The molecule has 0 heterocycles.